The molecule has 0 atom stereocenters. The van der Waals surface area contributed by atoms with Crippen LogP contribution < -0.4 is 11.1 Å². The summed E-state index contributed by atoms with van der Waals surface area (Å²) < 4.78 is 39.8. The molecule has 0 aliphatic heterocycles. The maximum atomic E-state index is 13.5. The van der Waals surface area contributed by atoms with E-state index in [1.165, 1.54) is 12.1 Å². The highest BCUT2D eigenvalue weighted by atomic mass is 19.2. The van der Waals surface area contributed by atoms with E-state index in [1.807, 2.05) is 0 Å². The number of hydrogen-bond donors (Lipinski definition) is 2. The van der Waals surface area contributed by atoms with Crippen LogP contribution in [0.1, 0.15) is 5.56 Å². The van der Waals surface area contributed by atoms with Crippen molar-refractivity contribution in [3.63, 3.8) is 0 Å². The van der Waals surface area contributed by atoms with Crippen LogP contribution in [0.15, 0.2) is 36.4 Å². The average Bonchev–Trinajstić information content (AvgIpc) is 2.36. The van der Waals surface area contributed by atoms with E-state index in [1.54, 1.807) is 18.2 Å². The first-order valence-corrected chi connectivity index (χ1v) is 5.30. The molecule has 0 saturated carbocycles. The van der Waals surface area contributed by atoms with Gasteiger partial charge in [-0.05, 0) is 18.2 Å². The summed E-state index contributed by atoms with van der Waals surface area (Å²) in [5.74, 6) is -2.48. The van der Waals surface area contributed by atoms with Gasteiger partial charge >= 0.3 is 0 Å². The smallest absolute Gasteiger partial charge is 0.183 e. The fourth-order valence-corrected chi connectivity index (χ4v) is 1.57. The summed E-state index contributed by atoms with van der Waals surface area (Å²) in [6, 6.07) is 8.25. The molecule has 0 saturated heterocycles. The quantitative estimate of drug-likeness (QED) is 0.822. The first-order valence-electron chi connectivity index (χ1n) is 5.30. The predicted molar refractivity (Wildman–Crippen MR) is 64.5 cm³/mol. The maximum absolute atomic E-state index is 13.5. The number of halogens is 3. The molecule has 0 fully saturated rings. The van der Waals surface area contributed by atoms with Gasteiger partial charge in [-0.3, -0.25) is 0 Å². The number of nitrogens with two attached hydrogens (primary N) is 1. The van der Waals surface area contributed by atoms with Gasteiger partial charge in [-0.2, -0.15) is 0 Å². The van der Waals surface area contributed by atoms with Crippen LogP contribution in [0.25, 0.3) is 0 Å². The number of nitrogen functional groups attached to an aromatic ring is 1. The van der Waals surface area contributed by atoms with Crippen molar-refractivity contribution in [1.82, 2.24) is 0 Å². The van der Waals surface area contributed by atoms with Crippen molar-refractivity contribution in [2.24, 2.45) is 0 Å². The Kier molecular flexibility index (Phi) is 3.41. The van der Waals surface area contributed by atoms with Crippen LogP contribution in [-0.4, -0.2) is 0 Å². The molecule has 0 aromatic heterocycles. The SMILES string of the molecule is Nc1ccc(F)c(F)c1NCc1ccccc1F. The Morgan fingerprint density at radius 2 is 1.67 bits per heavy atom. The van der Waals surface area contributed by atoms with Gasteiger partial charge < -0.3 is 11.1 Å². The first-order chi connectivity index (χ1) is 8.59. The van der Waals surface area contributed by atoms with Crippen molar-refractivity contribution in [3.05, 3.63) is 59.4 Å². The lowest BCUT2D eigenvalue weighted by Gasteiger charge is -2.11. The molecular formula is C13H11F3N2. The predicted octanol–water partition coefficient (Wildman–Crippen LogP) is 3.30. The molecule has 5 heteroatoms. The summed E-state index contributed by atoms with van der Waals surface area (Å²) >= 11 is 0. The van der Waals surface area contributed by atoms with Crippen molar-refractivity contribution in [2.75, 3.05) is 11.1 Å². The molecule has 2 rings (SSSR count). The molecule has 0 amide bonds. The Morgan fingerprint density at radius 1 is 0.944 bits per heavy atom. The normalized spacial score (nSPS) is 10.4. The van der Waals surface area contributed by atoms with E-state index in [0.29, 0.717) is 5.56 Å². The van der Waals surface area contributed by atoms with Gasteiger partial charge in [0.2, 0.25) is 0 Å². The van der Waals surface area contributed by atoms with E-state index in [2.05, 4.69) is 5.32 Å². The number of rotatable bonds is 3. The molecule has 2 aromatic carbocycles. The minimum absolute atomic E-state index is 0.0250. The van der Waals surface area contributed by atoms with Gasteiger partial charge in [0.1, 0.15) is 5.82 Å². The fraction of sp³-hybridized carbons (Fsp3) is 0.0769. The Morgan fingerprint density at radius 3 is 2.39 bits per heavy atom. The van der Waals surface area contributed by atoms with Crippen LogP contribution in [0, 0.1) is 17.5 Å². The number of benzene rings is 2. The largest absolute Gasteiger partial charge is 0.397 e. The zero-order valence-electron chi connectivity index (χ0n) is 9.38. The standard InChI is InChI=1S/C13H11F3N2/c14-9-4-2-1-3-8(9)7-18-13-11(17)6-5-10(15)12(13)16/h1-6,18H,7,17H2. The van der Waals surface area contributed by atoms with E-state index in [0.717, 1.165) is 6.07 Å². The lowest BCUT2D eigenvalue weighted by Crippen LogP contribution is -2.07. The van der Waals surface area contributed by atoms with E-state index >= 15 is 0 Å². The zero-order valence-corrected chi connectivity index (χ0v) is 9.38. The summed E-state index contributed by atoms with van der Waals surface area (Å²) in [4.78, 5) is 0. The van der Waals surface area contributed by atoms with Crippen LogP contribution in [0.2, 0.25) is 0 Å². The summed E-state index contributed by atoms with van der Waals surface area (Å²) in [6.07, 6.45) is 0. The van der Waals surface area contributed by atoms with Gasteiger partial charge in [-0.25, -0.2) is 13.2 Å². The molecule has 0 unspecified atom stereocenters. The molecule has 0 heterocycles. The van der Waals surface area contributed by atoms with Crippen LogP contribution in [0.5, 0.6) is 0 Å². The van der Waals surface area contributed by atoms with Crippen LogP contribution in [0.4, 0.5) is 24.5 Å². The molecule has 0 spiro atoms. The molecule has 0 radical (unpaired) electrons. The van der Waals surface area contributed by atoms with Crippen LogP contribution in [-0.2, 0) is 6.54 Å². The van der Waals surface area contributed by atoms with Crippen LogP contribution in [0.3, 0.4) is 0 Å². The zero-order chi connectivity index (χ0) is 13.1. The van der Waals surface area contributed by atoms with Gasteiger partial charge in [0.25, 0.3) is 0 Å². The Hall–Kier alpha value is -2.17. The summed E-state index contributed by atoms with van der Waals surface area (Å²) in [5, 5.41) is 2.60. The van der Waals surface area contributed by atoms with Crippen molar-refractivity contribution in [3.8, 4) is 0 Å². The highest BCUT2D eigenvalue weighted by Gasteiger charge is 2.12. The summed E-state index contributed by atoms with van der Waals surface area (Å²) in [6.45, 7) is 0.0250. The van der Waals surface area contributed by atoms with Gasteiger partial charge in [0, 0.05) is 12.1 Å². The van der Waals surface area contributed by atoms with Gasteiger partial charge in [0.05, 0.1) is 11.4 Å². The molecule has 94 valence electrons. The molecule has 0 aliphatic carbocycles. The third-order valence-corrected chi connectivity index (χ3v) is 2.54. The Labute approximate surface area is 102 Å². The highest BCUT2D eigenvalue weighted by molar-refractivity contribution is 5.66. The van der Waals surface area contributed by atoms with Gasteiger partial charge in [-0.1, -0.05) is 18.2 Å². The topological polar surface area (TPSA) is 38.0 Å². The van der Waals surface area contributed by atoms with E-state index < -0.39 is 17.5 Å². The van der Waals surface area contributed by atoms with Gasteiger partial charge in [0.15, 0.2) is 11.6 Å². The Balaban J connectivity index is 2.21. The highest BCUT2D eigenvalue weighted by Crippen LogP contribution is 2.25. The monoisotopic (exact) mass is 252 g/mol. The Bertz CT molecular complexity index is 570. The van der Waals surface area contributed by atoms with Crippen molar-refractivity contribution < 1.29 is 13.2 Å². The number of nitrogens with one attached hydrogen (secondary N) is 1. The molecule has 2 aromatic rings. The molecule has 3 N–H and O–H groups in total. The molecular weight excluding hydrogens is 241 g/mol. The van der Waals surface area contributed by atoms with E-state index in [-0.39, 0.29) is 17.9 Å². The summed E-state index contributed by atoms with van der Waals surface area (Å²) in [5.41, 5.74) is 5.80. The number of hydrogen-bond acceptors (Lipinski definition) is 2. The average molecular weight is 252 g/mol. The minimum atomic E-state index is -1.06. The second-order valence-electron chi connectivity index (χ2n) is 3.77. The minimum Gasteiger partial charge on any atom is -0.397 e. The first kappa shape index (κ1) is 12.3. The second kappa shape index (κ2) is 5.00. The summed E-state index contributed by atoms with van der Waals surface area (Å²) in [7, 11) is 0. The van der Waals surface area contributed by atoms with Crippen LogP contribution >= 0.6 is 0 Å². The molecule has 0 bridgehead atoms. The molecule has 2 nitrogen and oxygen atoms in total. The fourth-order valence-electron chi connectivity index (χ4n) is 1.57. The number of anilines is 2. The maximum Gasteiger partial charge on any atom is 0.183 e. The molecule has 18 heavy (non-hydrogen) atoms. The van der Waals surface area contributed by atoms with E-state index in [4.69, 9.17) is 5.73 Å². The van der Waals surface area contributed by atoms with Crippen molar-refractivity contribution >= 4 is 11.4 Å². The third-order valence-electron chi connectivity index (χ3n) is 2.54. The second-order valence-corrected chi connectivity index (χ2v) is 3.77. The lowest BCUT2D eigenvalue weighted by atomic mass is 10.2. The van der Waals surface area contributed by atoms with Gasteiger partial charge in [-0.15, -0.1) is 0 Å². The van der Waals surface area contributed by atoms with E-state index in [9.17, 15) is 13.2 Å². The van der Waals surface area contributed by atoms with Crippen molar-refractivity contribution in [2.45, 2.75) is 6.54 Å². The lowest BCUT2D eigenvalue weighted by molar-refractivity contribution is 0.511. The van der Waals surface area contributed by atoms with Crippen molar-refractivity contribution in [1.29, 1.82) is 0 Å². The molecule has 0 aliphatic rings. The third kappa shape index (κ3) is 2.40.